The first kappa shape index (κ1) is 25.0. The van der Waals surface area contributed by atoms with Crippen LogP contribution in [0.3, 0.4) is 0 Å². The van der Waals surface area contributed by atoms with E-state index in [1.165, 1.54) is 7.11 Å². The van der Waals surface area contributed by atoms with E-state index in [1.807, 2.05) is 12.1 Å². The number of benzene rings is 3. The number of anilines is 2. The number of para-hydroxylation sites is 2. The Morgan fingerprint density at radius 1 is 0.917 bits per heavy atom. The van der Waals surface area contributed by atoms with E-state index >= 15 is 0 Å². The summed E-state index contributed by atoms with van der Waals surface area (Å²) in [5.41, 5.74) is 2.34. The normalized spacial score (nSPS) is 13.2. The summed E-state index contributed by atoms with van der Waals surface area (Å²) in [4.78, 5) is 39.4. The predicted octanol–water partition coefficient (Wildman–Crippen LogP) is 5.69. The molecule has 0 saturated carbocycles. The van der Waals surface area contributed by atoms with Gasteiger partial charge in [-0.05, 0) is 66.9 Å². The molecule has 36 heavy (non-hydrogen) atoms. The number of unbranched alkanes of at least 4 members (excludes halogenated alkanes) is 1. The Kier molecular flexibility index (Phi) is 7.71. The van der Waals surface area contributed by atoms with E-state index in [-0.39, 0.29) is 10.7 Å². The average Bonchev–Trinajstić information content (AvgIpc) is 3.11. The molecule has 7 nitrogen and oxygen atoms in total. The van der Waals surface area contributed by atoms with Crippen LogP contribution in [0.25, 0.3) is 0 Å². The van der Waals surface area contributed by atoms with Crippen LogP contribution in [0, 0.1) is 0 Å². The van der Waals surface area contributed by atoms with Crippen LogP contribution in [0.4, 0.5) is 11.4 Å². The Morgan fingerprint density at radius 3 is 2.22 bits per heavy atom. The van der Waals surface area contributed by atoms with Gasteiger partial charge in [0, 0.05) is 5.69 Å². The smallest absolute Gasteiger partial charge is 0.343 e. The van der Waals surface area contributed by atoms with Gasteiger partial charge in [0.15, 0.2) is 11.5 Å². The van der Waals surface area contributed by atoms with Gasteiger partial charge in [0.25, 0.3) is 11.8 Å². The van der Waals surface area contributed by atoms with Gasteiger partial charge in [0.05, 0.1) is 18.4 Å². The topological polar surface area (TPSA) is 84.9 Å². The summed E-state index contributed by atoms with van der Waals surface area (Å²) >= 11 is 6.24. The van der Waals surface area contributed by atoms with Gasteiger partial charge >= 0.3 is 5.97 Å². The summed E-state index contributed by atoms with van der Waals surface area (Å²) in [6, 6.07) is 20.4. The lowest BCUT2D eigenvalue weighted by atomic mass is 10.1. The minimum atomic E-state index is -0.595. The van der Waals surface area contributed by atoms with E-state index in [0.717, 1.165) is 29.7 Å². The highest BCUT2D eigenvalue weighted by molar-refractivity contribution is 6.53. The fourth-order valence-electron chi connectivity index (χ4n) is 3.73. The highest BCUT2D eigenvalue weighted by Crippen LogP contribution is 2.31. The molecule has 0 aromatic heterocycles. The Bertz CT molecular complexity index is 1320. The van der Waals surface area contributed by atoms with Crippen molar-refractivity contribution in [2.45, 2.75) is 26.2 Å². The molecule has 2 amide bonds. The maximum Gasteiger partial charge on any atom is 0.343 e. The number of hydrogen-bond acceptors (Lipinski definition) is 6. The number of amides is 2. The van der Waals surface area contributed by atoms with Crippen molar-refractivity contribution in [3.8, 4) is 11.5 Å². The molecule has 0 aliphatic carbocycles. The van der Waals surface area contributed by atoms with E-state index in [0.29, 0.717) is 28.4 Å². The van der Waals surface area contributed by atoms with Crippen molar-refractivity contribution in [2.75, 3.05) is 17.3 Å². The van der Waals surface area contributed by atoms with Crippen molar-refractivity contribution in [3.63, 3.8) is 0 Å². The molecule has 4 rings (SSSR count). The maximum atomic E-state index is 13.0. The fourth-order valence-corrected chi connectivity index (χ4v) is 3.95. The van der Waals surface area contributed by atoms with Crippen LogP contribution in [0.1, 0.15) is 35.7 Å². The molecule has 3 aromatic rings. The number of halogens is 1. The van der Waals surface area contributed by atoms with Gasteiger partial charge in [0.2, 0.25) is 0 Å². The third-order valence-electron chi connectivity index (χ3n) is 5.70. The molecule has 0 radical (unpaired) electrons. The van der Waals surface area contributed by atoms with Crippen molar-refractivity contribution >= 4 is 40.8 Å². The molecule has 0 atom stereocenters. The first-order valence-electron chi connectivity index (χ1n) is 11.5. The molecule has 3 aromatic carbocycles. The number of imide groups is 1. The fraction of sp³-hybridized carbons (Fsp3) is 0.179. The molecule has 184 valence electrons. The van der Waals surface area contributed by atoms with Gasteiger partial charge in [-0.1, -0.05) is 49.2 Å². The summed E-state index contributed by atoms with van der Waals surface area (Å²) in [5.74, 6) is -0.967. The Balaban J connectivity index is 1.45. The van der Waals surface area contributed by atoms with Crippen LogP contribution in [0.2, 0.25) is 0 Å². The van der Waals surface area contributed by atoms with Crippen molar-refractivity contribution in [1.82, 2.24) is 0 Å². The summed E-state index contributed by atoms with van der Waals surface area (Å²) < 4.78 is 10.6. The van der Waals surface area contributed by atoms with Crippen molar-refractivity contribution in [3.05, 3.63) is 94.7 Å². The molecule has 0 fully saturated rings. The molecule has 8 heteroatoms. The first-order chi connectivity index (χ1) is 17.4. The highest BCUT2D eigenvalue weighted by Gasteiger charge is 2.38. The number of carbonyl (C=O) groups is 3. The number of nitrogens with one attached hydrogen (secondary N) is 1. The van der Waals surface area contributed by atoms with Crippen molar-refractivity contribution < 1.29 is 23.9 Å². The van der Waals surface area contributed by atoms with Gasteiger partial charge in [0.1, 0.15) is 10.7 Å². The summed E-state index contributed by atoms with van der Waals surface area (Å²) in [5, 5.41) is 2.71. The lowest BCUT2D eigenvalue weighted by Gasteiger charge is -2.15. The van der Waals surface area contributed by atoms with Crippen LogP contribution in [0.15, 0.2) is 83.5 Å². The monoisotopic (exact) mass is 504 g/mol. The SMILES string of the molecule is CCCCc1ccc(N2C(=O)C(Cl)=C(Nc3ccc(C(=O)Oc4ccccc4OC)cc3)C2=O)cc1. The number of methoxy groups -OCH3 is 1. The maximum absolute atomic E-state index is 13.0. The summed E-state index contributed by atoms with van der Waals surface area (Å²) in [7, 11) is 1.49. The molecule has 1 aliphatic heterocycles. The number of carbonyl (C=O) groups excluding carboxylic acids is 3. The zero-order chi connectivity index (χ0) is 25.7. The summed E-state index contributed by atoms with van der Waals surface area (Å²) in [6.07, 6.45) is 3.09. The van der Waals surface area contributed by atoms with E-state index in [4.69, 9.17) is 21.1 Å². The van der Waals surface area contributed by atoms with Gasteiger partial charge in [-0.25, -0.2) is 9.69 Å². The molecular formula is C28H25ClN2O5. The van der Waals surface area contributed by atoms with E-state index in [1.54, 1.807) is 60.7 Å². The first-order valence-corrected chi connectivity index (χ1v) is 11.9. The van der Waals surface area contributed by atoms with E-state index in [2.05, 4.69) is 12.2 Å². The zero-order valence-corrected chi connectivity index (χ0v) is 20.7. The molecular weight excluding hydrogens is 480 g/mol. The minimum Gasteiger partial charge on any atom is -0.493 e. The molecule has 0 unspecified atom stereocenters. The van der Waals surface area contributed by atoms with Crippen LogP contribution in [0.5, 0.6) is 11.5 Å². The third-order valence-corrected chi connectivity index (χ3v) is 6.05. The number of rotatable bonds is 9. The molecule has 1 N–H and O–H groups in total. The number of aryl methyl sites for hydroxylation is 1. The van der Waals surface area contributed by atoms with Gasteiger partial charge in [-0.15, -0.1) is 0 Å². The lowest BCUT2D eigenvalue weighted by Crippen LogP contribution is -2.32. The standard InChI is InChI=1S/C28H25ClN2O5/c1-3-4-7-18-10-16-21(17-11-18)31-26(32)24(29)25(27(31)33)30-20-14-12-19(13-15-20)28(34)36-23-9-6-5-8-22(23)35-2/h5-6,8-17,30H,3-4,7H2,1-2H3. The van der Waals surface area contributed by atoms with Crippen LogP contribution < -0.4 is 19.7 Å². The Hall–Kier alpha value is -4.10. The van der Waals surface area contributed by atoms with Crippen molar-refractivity contribution in [2.24, 2.45) is 0 Å². The molecule has 0 spiro atoms. The second-order valence-electron chi connectivity index (χ2n) is 8.15. The largest absolute Gasteiger partial charge is 0.493 e. The molecule has 0 saturated heterocycles. The second-order valence-corrected chi connectivity index (χ2v) is 8.53. The molecule has 0 bridgehead atoms. The highest BCUT2D eigenvalue weighted by atomic mass is 35.5. The average molecular weight is 505 g/mol. The minimum absolute atomic E-state index is 0.0268. The number of ether oxygens (including phenoxy) is 2. The van der Waals surface area contributed by atoms with E-state index < -0.39 is 17.8 Å². The molecule has 1 heterocycles. The van der Waals surface area contributed by atoms with Gasteiger partial charge in [-0.2, -0.15) is 0 Å². The zero-order valence-electron chi connectivity index (χ0n) is 19.9. The van der Waals surface area contributed by atoms with Crippen molar-refractivity contribution in [1.29, 1.82) is 0 Å². The lowest BCUT2D eigenvalue weighted by molar-refractivity contribution is -0.120. The van der Waals surface area contributed by atoms with Crippen LogP contribution in [-0.4, -0.2) is 24.9 Å². The van der Waals surface area contributed by atoms with Crippen LogP contribution >= 0.6 is 11.6 Å². The van der Waals surface area contributed by atoms with E-state index in [9.17, 15) is 14.4 Å². The third kappa shape index (κ3) is 5.26. The number of nitrogens with zero attached hydrogens (tertiary/aromatic N) is 1. The quantitative estimate of drug-likeness (QED) is 0.229. The van der Waals surface area contributed by atoms with Gasteiger partial charge in [-0.3, -0.25) is 9.59 Å². The number of esters is 1. The Morgan fingerprint density at radius 2 is 1.58 bits per heavy atom. The van der Waals surface area contributed by atoms with Gasteiger partial charge < -0.3 is 14.8 Å². The predicted molar refractivity (Wildman–Crippen MR) is 138 cm³/mol. The van der Waals surface area contributed by atoms with Crippen LogP contribution in [-0.2, 0) is 16.0 Å². The molecule has 1 aliphatic rings. The number of hydrogen-bond donors (Lipinski definition) is 1. The second kappa shape index (κ2) is 11.1. The Labute approximate surface area is 214 Å². The summed E-state index contributed by atoms with van der Waals surface area (Å²) in [6.45, 7) is 2.12.